The van der Waals surface area contributed by atoms with E-state index in [1.807, 2.05) is 12.1 Å². The minimum Gasteiger partial charge on any atom is -0.380 e. The van der Waals surface area contributed by atoms with Crippen molar-refractivity contribution >= 4 is 23.2 Å². The molecule has 2 aromatic carbocycles. The number of hydrogen-bond donors (Lipinski definition) is 3. The minimum absolute atomic E-state index is 0.318. The average molecular weight is 304 g/mol. The van der Waals surface area contributed by atoms with Crippen LogP contribution < -0.4 is 16.8 Å². The van der Waals surface area contributed by atoms with Crippen molar-refractivity contribution in [2.45, 2.75) is 13.0 Å². The van der Waals surface area contributed by atoms with Crippen LogP contribution in [0.25, 0.3) is 0 Å². The summed E-state index contributed by atoms with van der Waals surface area (Å²) in [6.45, 7) is 1.23. The van der Waals surface area contributed by atoms with Crippen LogP contribution in [0.1, 0.15) is 21.5 Å². The van der Waals surface area contributed by atoms with E-state index in [1.165, 1.54) is 5.56 Å². The molecular formula is C16H18ClN3O. The van der Waals surface area contributed by atoms with Crippen molar-refractivity contribution in [1.29, 1.82) is 0 Å². The van der Waals surface area contributed by atoms with E-state index in [-0.39, 0.29) is 0 Å². The van der Waals surface area contributed by atoms with Crippen molar-refractivity contribution in [3.63, 3.8) is 0 Å². The fraction of sp³-hybridized carbons (Fsp3) is 0.188. The van der Waals surface area contributed by atoms with Gasteiger partial charge in [-0.15, -0.1) is 0 Å². The van der Waals surface area contributed by atoms with Crippen LogP contribution in [0, 0.1) is 0 Å². The Morgan fingerprint density at radius 3 is 2.38 bits per heavy atom. The zero-order valence-corrected chi connectivity index (χ0v) is 12.4. The first-order valence-corrected chi connectivity index (χ1v) is 7.09. The van der Waals surface area contributed by atoms with Crippen LogP contribution in [0.15, 0.2) is 42.5 Å². The number of primary amides is 1. The summed E-state index contributed by atoms with van der Waals surface area (Å²) >= 11 is 6.01. The highest BCUT2D eigenvalue weighted by molar-refractivity contribution is 6.34. The number of carbonyl (C=O) groups excluding carboxylic acids is 1. The zero-order valence-electron chi connectivity index (χ0n) is 11.6. The molecule has 0 radical (unpaired) electrons. The van der Waals surface area contributed by atoms with E-state index in [1.54, 1.807) is 18.2 Å². The van der Waals surface area contributed by atoms with E-state index >= 15 is 0 Å². The summed E-state index contributed by atoms with van der Waals surface area (Å²) in [5.74, 6) is -0.540. The normalized spacial score (nSPS) is 10.4. The zero-order chi connectivity index (χ0) is 15.2. The molecule has 2 rings (SSSR count). The third kappa shape index (κ3) is 3.97. The molecule has 0 saturated heterocycles. The van der Waals surface area contributed by atoms with Gasteiger partial charge in [-0.2, -0.15) is 0 Å². The molecule has 0 heterocycles. The van der Waals surface area contributed by atoms with Crippen LogP contribution >= 0.6 is 11.6 Å². The van der Waals surface area contributed by atoms with Crippen LogP contribution in [-0.2, 0) is 13.0 Å². The van der Waals surface area contributed by atoms with Gasteiger partial charge in [-0.3, -0.25) is 4.79 Å². The van der Waals surface area contributed by atoms with Gasteiger partial charge in [0.05, 0.1) is 10.6 Å². The van der Waals surface area contributed by atoms with Crippen LogP contribution in [0.3, 0.4) is 0 Å². The molecule has 0 aliphatic carbocycles. The highest BCUT2D eigenvalue weighted by atomic mass is 35.5. The molecule has 2 aromatic rings. The molecule has 0 atom stereocenters. The van der Waals surface area contributed by atoms with Gasteiger partial charge in [0, 0.05) is 12.2 Å². The predicted octanol–water partition coefficient (Wildman–Crippen LogP) is 2.55. The summed E-state index contributed by atoms with van der Waals surface area (Å²) in [6, 6.07) is 13.4. The molecule has 110 valence electrons. The van der Waals surface area contributed by atoms with Crippen molar-refractivity contribution < 1.29 is 4.79 Å². The fourth-order valence-corrected chi connectivity index (χ4v) is 2.38. The maximum absolute atomic E-state index is 11.5. The summed E-state index contributed by atoms with van der Waals surface area (Å²) in [5.41, 5.74) is 14.2. The van der Waals surface area contributed by atoms with E-state index < -0.39 is 5.91 Å². The molecule has 0 spiro atoms. The number of rotatable bonds is 6. The fourth-order valence-electron chi connectivity index (χ4n) is 2.11. The lowest BCUT2D eigenvalue weighted by molar-refractivity contribution is 0.100. The standard InChI is InChI=1S/C16H18ClN3O/c17-13-2-1-3-14(15(13)16(19)21)20-10-12-6-4-11(5-7-12)8-9-18/h1-7,20H,8-10,18H2,(H2,19,21). The molecule has 0 aromatic heterocycles. The van der Waals surface area contributed by atoms with Gasteiger partial charge in [0.1, 0.15) is 0 Å². The van der Waals surface area contributed by atoms with Gasteiger partial charge in [0.25, 0.3) is 5.91 Å². The summed E-state index contributed by atoms with van der Waals surface area (Å²) in [4.78, 5) is 11.5. The second kappa shape index (κ2) is 7.11. The highest BCUT2D eigenvalue weighted by Crippen LogP contribution is 2.24. The van der Waals surface area contributed by atoms with E-state index in [0.29, 0.717) is 29.4 Å². The molecule has 0 aliphatic heterocycles. The first-order chi connectivity index (χ1) is 10.1. The monoisotopic (exact) mass is 303 g/mol. The molecule has 0 aliphatic rings. The van der Waals surface area contributed by atoms with Gasteiger partial charge in [-0.05, 0) is 36.2 Å². The number of carbonyl (C=O) groups is 1. The first kappa shape index (κ1) is 15.4. The predicted molar refractivity (Wildman–Crippen MR) is 86.5 cm³/mol. The van der Waals surface area contributed by atoms with Gasteiger partial charge in [0.2, 0.25) is 0 Å². The van der Waals surface area contributed by atoms with E-state index in [0.717, 1.165) is 12.0 Å². The molecule has 0 bridgehead atoms. The summed E-state index contributed by atoms with van der Waals surface area (Å²) < 4.78 is 0. The van der Waals surface area contributed by atoms with Crippen LogP contribution in [-0.4, -0.2) is 12.5 Å². The molecule has 0 unspecified atom stereocenters. The number of anilines is 1. The Kier molecular flexibility index (Phi) is 5.20. The Bertz CT molecular complexity index is 626. The Morgan fingerprint density at radius 1 is 1.10 bits per heavy atom. The van der Waals surface area contributed by atoms with Crippen molar-refractivity contribution in [2.75, 3.05) is 11.9 Å². The lowest BCUT2D eigenvalue weighted by Crippen LogP contribution is -2.15. The Hall–Kier alpha value is -2.04. The number of hydrogen-bond acceptors (Lipinski definition) is 3. The molecule has 5 heteroatoms. The van der Waals surface area contributed by atoms with Crippen molar-refractivity contribution in [1.82, 2.24) is 0 Å². The molecule has 0 fully saturated rings. The average Bonchev–Trinajstić information content (AvgIpc) is 2.46. The lowest BCUT2D eigenvalue weighted by Gasteiger charge is -2.11. The van der Waals surface area contributed by atoms with E-state index in [4.69, 9.17) is 23.1 Å². The van der Waals surface area contributed by atoms with Crippen molar-refractivity contribution in [3.8, 4) is 0 Å². The molecular weight excluding hydrogens is 286 g/mol. The lowest BCUT2D eigenvalue weighted by atomic mass is 10.1. The van der Waals surface area contributed by atoms with Gasteiger partial charge in [-0.1, -0.05) is 41.9 Å². The second-order valence-corrected chi connectivity index (χ2v) is 5.14. The molecule has 0 saturated carbocycles. The number of nitrogens with two attached hydrogens (primary N) is 2. The number of benzene rings is 2. The van der Waals surface area contributed by atoms with Crippen molar-refractivity contribution in [3.05, 3.63) is 64.2 Å². The van der Waals surface area contributed by atoms with Crippen LogP contribution in [0.4, 0.5) is 5.69 Å². The Labute approximate surface area is 129 Å². The molecule has 21 heavy (non-hydrogen) atoms. The van der Waals surface area contributed by atoms with Crippen LogP contribution in [0.5, 0.6) is 0 Å². The van der Waals surface area contributed by atoms with Gasteiger partial charge < -0.3 is 16.8 Å². The Morgan fingerprint density at radius 2 is 1.76 bits per heavy atom. The molecule has 1 amide bonds. The molecule has 5 N–H and O–H groups in total. The second-order valence-electron chi connectivity index (χ2n) is 4.74. The van der Waals surface area contributed by atoms with E-state index in [9.17, 15) is 4.79 Å². The first-order valence-electron chi connectivity index (χ1n) is 6.72. The number of amides is 1. The van der Waals surface area contributed by atoms with E-state index in [2.05, 4.69) is 17.4 Å². The third-order valence-electron chi connectivity index (χ3n) is 3.20. The topological polar surface area (TPSA) is 81.1 Å². The molecule has 4 nitrogen and oxygen atoms in total. The smallest absolute Gasteiger partial charge is 0.252 e. The summed E-state index contributed by atoms with van der Waals surface area (Å²) in [7, 11) is 0. The van der Waals surface area contributed by atoms with Crippen LogP contribution in [0.2, 0.25) is 5.02 Å². The van der Waals surface area contributed by atoms with Gasteiger partial charge >= 0.3 is 0 Å². The SMILES string of the molecule is NCCc1ccc(CNc2cccc(Cl)c2C(N)=O)cc1. The maximum atomic E-state index is 11.5. The van der Waals surface area contributed by atoms with Gasteiger partial charge in [-0.25, -0.2) is 0 Å². The summed E-state index contributed by atoms with van der Waals surface area (Å²) in [5, 5.41) is 3.55. The quantitative estimate of drug-likeness (QED) is 0.767. The summed E-state index contributed by atoms with van der Waals surface area (Å²) in [6.07, 6.45) is 0.869. The number of nitrogens with one attached hydrogen (secondary N) is 1. The number of halogens is 1. The van der Waals surface area contributed by atoms with Crippen molar-refractivity contribution in [2.24, 2.45) is 11.5 Å². The largest absolute Gasteiger partial charge is 0.380 e. The van der Waals surface area contributed by atoms with Gasteiger partial charge in [0.15, 0.2) is 0 Å². The Balaban J connectivity index is 2.09. The minimum atomic E-state index is -0.540. The maximum Gasteiger partial charge on any atom is 0.252 e. The highest BCUT2D eigenvalue weighted by Gasteiger charge is 2.11. The third-order valence-corrected chi connectivity index (χ3v) is 3.51.